The summed E-state index contributed by atoms with van der Waals surface area (Å²) in [6.07, 6.45) is 11.5. The molecular formula is C16H24N6. The van der Waals surface area contributed by atoms with E-state index in [-0.39, 0.29) is 0 Å². The average molecular weight is 300 g/mol. The molecule has 0 aromatic carbocycles. The second kappa shape index (κ2) is 7.35. The van der Waals surface area contributed by atoms with Crippen LogP contribution in [0.5, 0.6) is 0 Å². The molecule has 22 heavy (non-hydrogen) atoms. The van der Waals surface area contributed by atoms with Crippen LogP contribution in [0.25, 0.3) is 0 Å². The van der Waals surface area contributed by atoms with Crippen molar-refractivity contribution in [2.75, 3.05) is 11.9 Å². The van der Waals surface area contributed by atoms with Crippen LogP contribution in [0.4, 0.5) is 5.82 Å². The van der Waals surface area contributed by atoms with Gasteiger partial charge in [0.05, 0.1) is 6.54 Å². The third-order valence-electron chi connectivity index (χ3n) is 4.23. The number of aromatic nitrogens is 4. The molecule has 1 unspecified atom stereocenters. The summed E-state index contributed by atoms with van der Waals surface area (Å²) >= 11 is 0. The zero-order chi connectivity index (χ0) is 15.2. The average Bonchev–Trinajstić information content (AvgIpc) is 2.98. The van der Waals surface area contributed by atoms with E-state index in [0.717, 1.165) is 36.7 Å². The smallest absolute Gasteiger partial charge is 0.129 e. The Labute approximate surface area is 131 Å². The Hall–Kier alpha value is -1.95. The van der Waals surface area contributed by atoms with Crippen molar-refractivity contribution < 1.29 is 0 Å². The molecule has 2 N–H and O–H groups in total. The maximum Gasteiger partial charge on any atom is 0.129 e. The monoisotopic (exact) mass is 300 g/mol. The molecule has 0 bridgehead atoms. The molecule has 0 spiro atoms. The highest BCUT2D eigenvalue weighted by Gasteiger charge is 2.12. The summed E-state index contributed by atoms with van der Waals surface area (Å²) < 4.78 is 2.00. The highest BCUT2D eigenvalue weighted by molar-refractivity contribution is 5.35. The molecule has 1 saturated heterocycles. The van der Waals surface area contributed by atoms with E-state index in [4.69, 9.17) is 0 Å². The molecule has 3 rings (SSSR count). The molecule has 6 nitrogen and oxygen atoms in total. The Bertz CT molecular complexity index is 588. The lowest BCUT2D eigenvalue weighted by Gasteiger charge is -2.23. The summed E-state index contributed by atoms with van der Waals surface area (Å²) in [6, 6.07) is 2.69. The second-order valence-electron chi connectivity index (χ2n) is 5.89. The normalized spacial score (nSPS) is 18.3. The Balaban J connectivity index is 1.52. The van der Waals surface area contributed by atoms with Gasteiger partial charge < -0.3 is 15.2 Å². The Morgan fingerprint density at radius 1 is 1.32 bits per heavy atom. The predicted octanol–water partition coefficient (Wildman–Crippen LogP) is 1.90. The maximum absolute atomic E-state index is 4.39. The molecule has 0 radical (unpaired) electrons. The molecule has 2 aromatic heterocycles. The van der Waals surface area contributed by atoms with E-state index in [1.807, 2.05) is 23.9 Å². The minimum absolute atomic E-state index is 0.646. The molecule has 1 aliphatic heterocycles. The molecule has 118 valence electrons. The van der Waals surface area contributed by atoms with Gasteiger partial charge in [-0.1, -0.05) is 6.42 Å². The van der Waals surface area contributed by atoms with Crippen molar-refractivity contribution in [3.8, 4) is 0 Å². The summed E-state index contributed by atoms with van der Waals surface area (Å²) in [4.78, 5) is 13.0. The minimum atomic E-state index is 0.646. The van der Waals surface area contributed by atoms with Gasteiger partial charge in [-0.3, -0.25) is 0 Å². The molecule has 6 heteroatoms. The van der Waals surface area contributed by atoms with Crippen LogP contribution < -0.4 is 10.6 Å². The van der Waals surface area contributed by atoms with Crippen LogP contribution in [0, 0.1) is 0 Å². The fourth-order valence-corrected chi connectivity index (χ4v) is 2.86. The van der Waals surface area contributed by atoms with Crippen LogP contribution in [-0.2, 0) is 20.0 Å². The lowest BCUT2D eigenvalue weighted by molar-refractivity contribution is 0.382. The van der Waals surface area contributed by atoms with Gasteiger partial charge in [-0.05, 0) is 32.2 Å². The first-order valence-corrected chi connectivity index (χ1v) is 8.05. The number of aryl methyl sites for hydroxylation is 2. The molecule has 1 atom stereocenters. The van der Waals surface area contributed by atoms with Crippen LogP contribution >= 0.6 is 0 Å². The van der Waals surface area contributed by atoms with Gasteiger partial charge >= 0.3 is 0 Å². The fourth-order valence-electron chi connectivity index (χ4n) is 2.86. The van der Waals surface area contributed by atoms with Crippen molar-refractivity contribution in [2.24, 2.45) is 7.05 Å². The van der Waals surface area contributed by atoms with Crippen molar-refractivity contribution in [1.29, 1.82) is 0 Å². The van der Waals surface area contributed by atoms with Gasteiger partial charge in [-0.15, -0.1) is 0 Å². The molecule has 0 amide bonds. The maximum atomic E-state index is 4.39. The van der Waals surface area contributed by atoms with Gasteiger partial charge in [0.1, 0.15) is 18.0 Å². The summed E-state index contributed by atoms with van der Waals surface area (Å²) in [5, 5.41) is 6.90. The quantitative estimate of drug-likeness (QED) is 0.853. The number of hydrogen-bond donors (Lipinski definition) is 2. The van der Waals surface area contributed by atoms with E-state index in [2.05, 4.69) is 25.6 Å². The topological polar surface area (TPSA) is 67.7 Å². The summed E-state index contributed by atoms with van der Waals surface area (Å²) in [5.74, 6) is 1.86. The largest absolute Gasteiger partial charge is 0.363 e. The third kappa shape index (κ3) is 4.04. The van der Waals surface area contributed by atoms with Crippen LogP contribution in [0.15, 0.2) is 24.8 Å². The van der Waals surface area contributed by atoms with Crippen molar-refractivity contribution in [2.45, 2.75) is 44.7 Å². The van der Waals surface area contributed by atoms with E-state index in [9.17, 15) is 0 Å². The number of rotatable bonds is 6. The van der Waals surface area contributed by atoms with Crippen LogP contribution in [0.1, 0.15) is 37.2 Å². The SMILES string of the molecule is Cn1ccnc1CNc1cc(CCC2CCCCN2)ncn1. The third-order valence-corrected chi connectivity index (χ3v) is 4.23. The zero-order valence-corrected chi connectivity index (χ0v) is 13.1. The summed E-state index contributed by atoms with van der Waals surface area (Å²) in [5.41, 5.74) is 1.10. The van der Waals surface area contributed by atoms with Crippen LogP contribution in [0.3, 0.4) is 0 Å². The van der Waals surface area contributed by atoms with Gasteiger partial charge in [0, 0.05) is 37.2 Å². The lowest BCUT2D eigenvalue weighted by atomic mass is 10.00. The molecule has 1 fully saturated rings. The van der Waals surface area contributed by atoms with Gasteiger partial charge in [0.25, 0.3) is 0 Å². The zero-order valence-electron chi connectivity index (χ0n) is 13.1. The molecule has 2 aromatic rings. The highest BCUT2D eigenvalue weighted by atomic mass is 15.1. The lowest BCUT2D eigenvalue weighted by Crippen LogP contribution is -2.34. The van der Waals surface area contributed by atoms with Crippen molar-refractivity contribution >= 4 is 5.82 Å². The van der Waals surface area contributed by atoms with E-state index in [1.165, 1.54) is 19.3 Å². The fraction of sp³-hybridized carbons (Fsp3) is 0.562. The van der Waals surface area contributed by atoms with E-state index >= 15 is 0 Å². The number of hydrogen-bond acceptors (Lipinski definition) is 5. The Morgan fingerprint density at radius 2 is 2.27 bits per heavy atom. The minimum Gasteiger partial charge on any atom is -0.363 e. The van der Waals surface area contributed by atoms with E-state index in [0.29, 0.717) is 12.6 Å². The van der Waals surface area contributed by atoms with Gasteiger partial charge in [0.15, 0.2) is 0 Å². The molecular weight excluding hydrogens is 276 g/mol. The number of imidazole rings is 1. The number of anilines is 1. The van der Waals surface area contributed by atoms with Gasteiger partial charge in [-0.25, -0.2) is 15.0 Å². The first kappa shape index (κ1) is 15.0. The number of nitrogens with zero attached hydrogens (tertiary/aromatic N) is 4. The number of piperidine rings is 1. The van der Waals surface area contributed by atoms with Crippen molar-refractivity contribution in [1.82, 2.24) is 24.8 Å². The Kier molecular flexibility index (Phi) is 5.00. The molecule has 0 saturated carbocycles. The summed E-state index contributed by atoms with van der Waals surface area (Å²) in [7, 11) is 1.99. The second-order valence-corrected chi connectivity index (χ2v) is 5.89. The van der Waals surface area contributed by atoms with Crippen LogP contribution in [-0.4, -0.2) is 32.1 Å². The molecule has 1 aliphatic rings. The van der Waals surface area contributed by atoms with Crippen molar-refractivity contribution in [3.05, 3.63) is 36.3 Å². The first-order chi connectivity index (χ1) is 10.8. The molecule has 0 aliphatic carbocycles. The number of nitrogens with one attached hydrogen (secondary N) is 2. The van der Waals surface area contributed by atoms with Crippen molar-refractivity contribution in [3.63, 3.8) is 0 Å². The predicted molar refractivity (Wildman–Crippen MR) is 86.5 cm³/mol. The van der Waals surface area contributed by atoms with Crippen LogP contribution in [0.2, 0.25) is 0 Å². The summed E-state index contributed by atoms with van der Waals surface area (Å²) in [6.45, 7) is 1.83. The first-order valence-electron chi connectivity index (χ1n) is 8.05. The highest BCUT2D eigenvalue weighted by Crippen LogP contribution is 2.14. The van der Waals surface area contributed by atoms with Gasteiger partial charge in [0.2, 0.25) is 0 Å². The van der Waals surface area contributed by atoms with E-state index in [1.54, 1.807) is 12.5 Å². The molecule has 3 heterocycles. The standard InChI is InChI=1S/C16H24N6/c1-22-9-8-18-16(22)11-19-15-10-14(20-12-21-15)6-5-13-4-2-3-7-17-13/h8-10,12-13,17H,2-7,11H2,1H3,(H,19,20,21). The van der Waals surface area contributed by atoms with E-state index < -0.39 is 0 Å². The Morgan fingerprint density at radius 3 is 3.05 bits per heavy atom. The van der Waals surface area contributed by atoms with Gasteiger partial charge in [-0.2, -0.15) is 0 Å².